The Labute approximate surface area is 138 Å². The molecule has 1 heterocycles. The maximum Gasteiger partial charge on any atom is 0.256 e. The quantitative estimate of drug-likeness (QED) is 0.774. The summed E-state index contributed by atoms with van der Waals surface area (Å²) in [5, 5.41) is 12.3. The van der Waals surface area contributed by atoms with Crippen LogP contribution in [-0.4, -0.2) is 18.1 Å². The lowest BCUT2D eigenvalue weighted by atomic mass is 10.0. The number of benzene rings is 2. The van der Waals surface area contributed by atoms with Crippen LogP contribution in [-0.2, 0) is 4.79 Å². The molecule has 0 bridgehead atoms. The number of halogens is 3. The van der Waals surface area contributed by atoms with Gasteiger partial charge in [0.1, 0.15) is 0 Å². The van der Waals surface area contributed by atoms with Gasteiger partial charge in [-0.2, -0.15) is 0 Å². The molecule has 23 heavy (non-hydrogen) atoms. The third kappa shape index (κ3) is 2.68. The third-order valence-electron chi connectivity index (χ3n) is 3.43. The van der Waals surface area contributed by atoms with Gasteiger partial charge in [0.2, 0.25) is 0 Å². The summed E-state index contributed by atoms with van der Waals surface area (Å²) in [6.07, 6.45) is 1.51. The number of carbonyl (C=O) groups is 1. The van der Waals surface area contributed by atoms with Crippen molar-refractivity contribution in [2.24, 2.45) is 0 Å². The van der Waals surface area contributed by atoms with Gasteiger partial charge in [0.05, 0.1) is 17.3 Å². The summed E-state index contributed by atoms with van der Waals surface area (Å²) in [6, 6.07) is 5.02. The molecule has 0 atom stereocenters. The van der Waals surface area contributed by atoms with E-state index in [0.29, 0.717) is 10.0 Å². The highest BCUT2D eigenvalue weighted by Gasteiger charge is 2.26. The number of rotatable bonds is 2. The van der Waals surface area contributed by atoms with Gasteiger partial charge in [0, 0.05) is 17.2 Å². The van der Waals surface area contributed by atoms with Gasteiger partial charge < -0.3 is 15.2 Å². The Morgan fingerprint density at radius 1 is 1.22 bits per heavy atom. The van der Waals surface area contributed by atoms with E-state index in [-0.39, 0.29) is 28.3 Å². The monoisotopic (exact) mass is 381 g/mol. The van der Waals surface area contributed by atoms with Gasteiger partial charge in [-0.1, -0.05) is 0 Å². The molecule has 0 unspecified atom stereocenters. The number of aromatic hydroxyl groups is 1. The van der Waals surface area contributed by atoms with Crippen LogP contribution >= 0.6 is 15.9 Å². The maximum atomic E-state index is 13.4. The van der Waals surface area contributed by atoms with E-state index >= 15 is 0 Å². The van der Waals surface area contributed by atoms with E-state index in [4.69, 9.17) is 4.74 Å². The van der Waals surface area contributed by atoms with Gasteiger partial charge >= 0.3 is 0 Å². The van der Waals surface area contributed by atoms with Crippen molar-refractivity contribution in [2.75, 3.05) is 12.4 Å². The lowest BCUT2D eigenvalue weighted by Crippen LogP contribution is -2.03. The van der Waals surface area contributed by atoms with Crippen LogP contribution in [0.4, 0.5) is 14.5 Å². The fourth-order valence-electron chi connectivity index (χ4n) is 2.33. The number of methoxy groups -OCH3 is 1. The van der Waals surface area contributed by atoms with Gasteiger partial charge in [-0.3, -0.25) is 4.79 Å². The Kier molecular flexibility index (Phi) is 3.81. The van der Waals surface area contributed by atoms with Crippen molar-refractivity contribution in [2.45, 2.75) is 0 Å². The minimum Gasteiger partial charge on any atom is -0.503 e. The van der Waals surface area contributed by atoms with Crippen LogP contribution in [0.1, 0.15) is 11.1 Å². The lowest BCUT2D eigenvalue weighted by molar-refractivity contribution is -0.110. The smallest absolute Gasteiger partial charge is 0.256 e. The highest BCUT2D eigenvalue weighted by atomic mass is 79.9. The van der Waals surface area contributed by atoms with Crippen LogP contribution < -0.4 is 10.1 Å². The molecule has 0 aromatic heterocycles. The van der Waals surface area contributed by atoms with Crippen molar-refractivity contribution in [1.82, 2.24) is 0 Å². The van der Waals surface area contributed by atoms with Crippen molar-refractivity contribution in [1.29, 1.82) is 0 Å². The second-order valence-corrected chi connectivity index (χ2v) is 5.73. The topological polar surface area (TPSA) is 58.6 Å². The molecule has 1 aliphatic rings. The summed E-state index contributed by atoms with van der Waals surface area (Å²) < 4.78 is 32.1. The summed E-state index contributed by atoms with van der Waals surface area (Å²) in [6.45, 7) is 0. The number of hydrogen-bond donors (Lipinski definition) is 2. The Morgan fingerprint density at radius 2 is 1.91 bits per heavy atom. The summed E-state index contributed by atoms with van der Waals surface area (Å²) in [5.74, 6) is -2.38. The average Bonchev–Trinajstić information content (AvgIpc) is 2.79. The van der Waals surface area contributed by atoms with Crippen LogP contribution in [0.15, 0.2) is 28.7 Å². The number of carbonyl (C=O) groups excluding carboxylic acids is 1. The molecule has 2 aromatic carbocycles. The zero-order valence-corrected chi connectivity index (χ0v) is 13.4. The second-order valence-electron chi connectivity index (χ2n) is 4.88. The van der Waals surface area contributed by atoms with Gasteiger partial charge in [0.25, 0.3) is 5.91 Å². The molecule has 3 rings (SSSR count). The van der Waals surface area contributed by atoms with Crippen LogP contribution in [0.25, 0.3) is 11.6 Å². The first-order valence-electron chi connectivity index (χ1n) is 6.49. The van der Waals surface area contributed by atoms with Gasteiger partial charge in [-0.25, -0.2) is 8.78 Å². The molecule has 2 N–H and O–H groups in total. The van der Waals surface area contributed by atoms with E-state index in [1.165, 1.54) is 19.3 Å². The largest absolute Gasteiger partial charge is 0.503 e. The first-order chi connectivity index (χ1) is 10.9. The minimum absolute atomic E-state index is 0.0703. The van der Waals surface area contributed by atoms with Crippen LogP contribution in [0.3, 0.4) is 0 Å². The lowest BCUT2D eigenvalue weighted by Gasteiger charge is -2.07. The first kappa shape index (κ1) is 15.5. The molecular weight excluding hydrogens is 372 g/mol. The molecule has 1 amide bonds. The molecule has 0 saturated carbocycles. The fourth-order valence-corrected chi connectivity index (χ4v) is 2.79. The van der Waals surface area contributed by atoms with Crippen LogP contribution in [0.2, 0.25) is 0 Å². The minimum atomic E-state index is -1.03. The van der Waals surface area contributed by atoms with E-state index in [1.807, 2.05) is 0 Å². The van der Waals surface area contributed by atoms with Gasteiger partial charge in [0.15, 0.2) is 23.1 Å². The van der Waals surface area contributed by atoms with Crippen molar-refractivity contribution in [3.63, 3.8) is 0 Å². The Hall–Kier alpha value is -2.41. The predicted octanol–water partition coefficient (Wildman–Crippen LogP) is 3.93. The Bertz CT molecular complexity index is 865. The normalized spacial score (nSPS) is 14.8. The molecule has 0 aliphatic carbocycles. The number of amides is 1. The summed E-state index contributed by atoms with van der Waals surface area (Å²) in [7, 11) is 1.40. The second kappa shape index (κ2) is 5.66. The molecule has 0 fully saturated rings. The molecule has 2 aromatic rings. The number of hydrogen-bond acceptors (Lipinski definition) is 3. The molecule has 0 spiro atoms. The number of nitrogens with one attached hydrogen (secondary N) is 1. The third-order valence-corrected chi connectivity index (χ3v) is 4.03. The summed E-state index contributed by atoms with van der Waals surface area (Å²) in [5.41, 5.74) is 1.23. The van der Waals surface area contributed by atoms with Gasteiger partial charge in [-0.05, 0) is 45.8 Å². The first-order valence-corrected chi connectivity index (χ1v) is 7.29. The summed E-state index contributed by atoms with van der Waals surface area (Å²) in [4.78, 5) is 12.0. The Balaban J connectivity index is 2.13. The number of phenols is 1. The average molecular weight is 382 g/mol. The molecule has 118 valence electrons. The molecule has 4 nitrogen and oxygen atoms in total. The molecule has 0 radical (unpaired) electrons. The van der Waals surface area contributed by atoms with E-state index in [2.05, 4.69) is 21.2 Å². The van der Waals surface area contributed by atoms with Crippen molar-refractivity contribution in [3.8, 4) is 11.5 Å². The van der Waals surface area contributed by atoms with E-state index in [9.17, 15) is 18.7 Å². The van der Waals surface area contributed by atoms with Crippen LogP contribution in [0, 0.1) is 11.6 Å². The van der Waals surface area contributed by atoms with E-state index in [0.717, 1.165) is 12.1 Å². The van der Waals surface area contributed by atoms with Gasteiger partial charge in [-0.15, -0.1) is 0 Å². The SMILES string of the molecule is COc1cc(/C=C2\C(=O)Nc3cc(F)c(F)cc32)cc(Br)c1O. The molecule has 0 saturated heterocycles. The number of anilines is 1. The molecular formula is C16H10BrF2NO3. The summed E-state index contributed by atoms with van der Waals surface area (Å²) >= 11 is 3.19. The standard InChI is InChI=1S/C16H10BrF2NO3/c1-23-14-4-7(3-10(17)15(14)21)2-9-8-5-11(18)12(19)6-13(8)20-16(9)22/h2-6,21H,1H3,(H,20,22)/b9-2-. The van der Waals surface area contributed by atoms with Crippen LogP contribution in [0.5, 0.6) is 11.5 Å². The van der Waals surface area contributed by atoms with Crippen molar-refractivity contribution < 1.29 is 23.4 Å². The number of ether oxygens (including phenoxy) is 1. The number of phenolic OH excluding ortho intramolecular Hbond substituents is 1. The zero-order chi connectivity index (χ0) is 16.7. The highest BCUT2D eigenvalue weighted by molar-refractivity contribution is 9.10. The van der Waals surface area contributed by atoms with E-state index < -0.39 is 17.5 Å². The molecule has 7 heteroatoms. The van der Waals surface area contributed by atoms with Crippen molar-refractivity contribution >= 4 is 39.2 Å². The maximum absolute atomic E-state index is 13.4. The van der Waals surface area contributed by atoms with Crippen molar-refractivity contribution in [3.05, 3.63) is 51.5 Å². The predicted molar refractivity (Wildman–Crippen MR) is 85.2 cm³/mol. The zero-order valence-electron chi connectivity index (χ0n) is 11.8. The Morgan fingerprint density at radius 3 is 2.61 bits per heavy atom. The fraction of sp³-hybridized carbons (Fsp3) is 0.0625. The highest BCUT2D eigenvalue weighted by Crippen LogP contribution is 2.38. The molecule has 1 aliphatic heterocycles. The van der Waals surface area contributed by atoms with E-state index in [1.54, 1.807) is 6.07 Å². The number of fused-ring (bicyclic) bond motifs is 1.